The summed E-state index contributed by atoms with van der Waals surface area (Å²) in [5.74, 6) is -0.884. The molecule has 0 rings (SSSR count). The highest BCUT2D eigenvalue weighted by atomic mass is 31.2. The molecule has 0 aromatic heterocycles. The Labute approximate surface area is 441 Å². The molecule has 0 saturated heterocycles. The zero-order chi connectivity index (χ0) is 52.7. The van der Waals surface area contributed by atoms with E-state index in [1.165, 1.54) is 38.5 Å². The number of ether oxygens (including phenoxy) is 2. The Morgan fingerprint density at radius 2 is 0.750 bits per heavy atom. The van der Waals surface area contributed by atoms with Crippen molar-refractivity contribution in [3.05, 3.63) is 134 Å². The maximum absolute atomic E-state index is 12.8. The van der Waals surface area contributed by atoms with Crippen molar-refractivity contribution < 1.29 is 42.1 Å². The summed E-state index contributed by atoms with van der Waals surface area (Å²) in [5, 5.41) is 0. The van der Waals surface area contributed by atoms with Gasteiger partial charge in [-0.05, 0) is 109 Å². The van der Waals surface area contributed by atoms with Crippen LogP contribution < -0.4 is 4.89 Å². The Morgan fingerprint density at radius 1 is 0.431 bits per heavy atom. The first-order valence-corrected chi connectivity index (χ1v) is 29.4. The maximum atomic E-state index is 12.8. The third kappa shape index (κ3) is 55.5. The van der Waals surface area contributed by atoms with Crippen molar-refractivity contribution in [3.63, 3.8) is 0 Å². The summed E-state index contributed by atoms with van der Waals surface area (Å²) in [6.45, 7) is 3.94. The first kappa shape index (κ1) is 68.2. The molecule has 0 amide bonds. The van der Waals surface area contributed by atoms with Gasteiger partial charge >= 0.3 is 11.9 Å². The monoisotopic (exact) mass is 1020 g/mol. The number of unbranched alkanes of at least 4 members (excludes halogenated alkanes) is 13. The number of phosphoric acid groups is 1. The fourth-order valence-electron chi connectivity index (χ4n) is 6.92. The van der Waals surface area contributed by atoms with Gasteiger partial charge in [-0.3, -0.25) is 14.2 Å². The van der Waals surface area contributed by atoms with Gasteiger partial charge in [0, 0.05) is 12.8 Å². The van der Waals surface area contributed by atoms with E-state index in [4.69, 9.17) is 18.5 Å². The van der Waals surface area contributed by atoms with Crippen LogP contribution >= 0.6 is 7.82 Å². The van der Waals surface area contributed by atoms with Gasteiger partial charge < -0.3 is 27.9 Å². The average molecular weight is 1020 g/mol. The Bertz CT molecular complexity index is 1670. The number of nitrogens with zero attached hydrogens (tertiary/aromatic N) is 1. The van der Waals surface area contributed by atoms with Gasteiger partial charge in [0.2, 0.25) is 0 Å². The van der Waals surface area contributed by atoms with Crippen LogP contribution in [-0.2, 0) is 32.7 Å². The van der Waals surface area contributed by atoms with E-state index in [0.29, 0.717) is 23.9 Å². The lowest BCUT2D eigenvalue weighted by atomic mass is 10.0. The number of carbonyl (C=O) groups is 2. The highest BCUT2D eigenvalue weighted by Gasteiger charge is 2.21. The van der Waals surface area contributed by atoms with Gasteiger partial charge in [-0.15, -0.1) is 0 Å². The number of allylic oxidation sites excluding steroid dienone is 22. The number of quaternary nitrogens is 1. The van der Waals surface area contributed by atoms with Crippen molar-refractivity contribution in [1.29, 1.82) is 0 Å². The number of carbonyl (C=O) groups excluding carboxylic acids is 2. The Kier molecular flexibility index (Phi) is 49.2. The van der Waals surface area contributed by atoms with Crippen molar-refractivity contribution in [2.45, 2.75) is 200 Å². The molecule has 0 bridgehead atoms. The van der Waals surface area contributed by atoms with Crippen LogP contribution in [0.5, 0.6) is 0 Å². The van der Waals surface area contributed by atoms with E-state index >= 15 is 0 Å². The van der Waals surface area contributed by atoms with Crippen LogP contribution in [0.1, 0.15) is 194 Å². The van der Waals surface area contributed by atoms with Gasteiger partial charge in [-0.1, -0.05) is 205 Å². The van der Waals surface area contributed by atoms with Gasteiger partial charge in [0.25, 0.3) is 7.82 Å². The predicted molar refractivity (Wildman–Crippen MR) is 304 cm³/mol. The molecule has 0 aliphatic carbocycles. The summed E-state index contributed by atoms with van der Waals surface area (Å²) in [6, 6.07) is 0. The molecule has 10 heteroatoms. The molecule has 2 unspecified atom stereocenters. The summed E-state index contributed by atoms with van der Waals surface area (Å²) in [4.78, 5) is 37.7. The summed E-state index contributed by atoms with van der Waals surface area (Å²) < 4.78 is 34.0. The lowest BCUT2D eigenvalue weighted by Crippen LogP contribution is -2.37. The van der Waals surface area contributed by atoms with Crippen molar-refractivity contribution in [2.24, 2.45) is 0 Å². The van der Waals surface area contributed by atoms with E-state index in [9.17, 15) is 19.0 Å². The van der Waals surface area contributed by atoms with E-state index in [1.807, 2.05) is 21.1 Å². The number of esters is 2. The number of hydrogen-bond acceptors (Lipinski definition) is 8. The second kappa shape index (κ2) is 52.0. The van der Waals surface area contributed by atoms with E-state index in [0.717, 1.165) is 116 Å². The van der Waals surface area contributed by atoms with E-state index in [2.05, 4.69) is 148 Å². The topological polar surface area (TPSA) is 111 Å². The minimum Gasteiger partial charge on any atom is -0.756 e. The van der Waals surface area contributed by atoms with E-state index < -0.39 is 32.5 Å². The molecule has 2 atom stereocenters. The minimum absolute atomic E-state index is 0.0435. The highest BCUT2D eigenvalue weighted by Crippen LogP contribution is 2.38. The van der Waals surface area contributed by atoms with Crippen LogP contribution in [0.3, 0.4) is 0 Å². The third-order valence-corrected chi connectivity index (χ3v) is 12.1. The van der Waals surface area contributed by atoms with Gasteiger partial charge in [0.15, 0.2) is 6.10 Å². The Morgan fingerprint density at radius 3 is 1.12 bits per heavy atom. The number of phosphoric ester groups is 1. The highest BCUT2D eigenvalue weighted by molar-refractivity contribution is 7.45. The van der Waals surface area contributed by atoms with Crippen molar-refractivity contribution in [2.75, 3.05) is 47.5 Å². The van der Waals surface area contributed by atoms with Gasteiger partial charge in [-0.2, -0.15) is 0 Å². The molecule has 408 valence electrons. The molecule has 0 heterocycles. The maximum Gasteiger partial charge on any atom is 0.306 e. The molecule has 0 aliphatic heterocycles. The predicted octanol–water partition coefficient (Wildman–Crippen LogP) is 16.7. The SMILES string of the molecule is CC/C=C\C/C=C\C/C=C\C/C=C\C/C=C\C/C=C\C/C=C\C/C=C\CCCCCCCCCCCCC(=O)OC(COC(=O)CCCCC/C=C\C/C=C\C/C=C\CC)COP(=O)([O-])OCC[N+](C)(C)C. The Balaban J connectivity index is 4.15. The molecule has 0 aromatic carbocycles. The third-order valence-electron chi connectivity index (χ3n) is 11.2. The molecular weight excluding hydrogens is 918 g/mol. The summed E-state index contributed by atoms with van der Waals surface area (Å²) >= 11 is 0. The summed E-state index contributed by atoms with van der Waals surface area (Å²) in [5.41, 5.74) is 0. The molecule has 0 aromatic rings. The average Bonchev–Trinajstić information content (AvgIpc) is 3.34. The molecule has 9 nitrogen and oxygen atoms in total. The first-order chi connectivity index (χ1) is 35.0. The molecule has 0 spiro atoms. The molecule has 0 fully saturated rings. The molecule has 0 saturated carbocycles. The van der Waals surface area contributed by atoms with Crippen LogP contribution in [0.25, 0.3) is 0 Å². The number of rotatable bonds is 49. The minimum atomic E-state index is -4.65. The molecular formula is C62H102NO8P. The van der Waals surface area contributed by atoms with Crippen LogP contribution in [0.4, 0.5) is 0 Å². The smallest absolute Gasteiger partial charge is 0.306 e. The Hall–Kier alpha value is -3.85. The lowest BCUT2D eigenvalue weighted by molar-refractivity contribution is -0.870. The van der Waals surface area contributed by atoms with E-state index in [-0.39, 0.29) is 26.1 Å². The van der Waals surface area contributed by atoms with Crippen LogP contribution in [0.15, 0.2) is 134 Å². The lowest BCUT2D eigenvalue weighted by Gasteiger charge is -2.28. The molecule has 0 N–H and O–H groups in total. The fraction of sp³-hybridized carbons (Fsp3) is 0.613. The second-order valence-electron chi connectivity index (χ2n) is 19.2. The fourth-order valence-corrected chi connectivity index (χ4v) is 7.65. The van der Waals surface area contributed by atoms with Gasteiger partial charge in [0.05, 0.1) is 27.7 Å². The van der Waals surface area contributed by atoms with Gasteiger partial charge in [0.1, 0.15) is 19.8 Å². The van der Waals surface area contributed by atoms with Crippen molar-refractivity contribution in [3.8, 4) is 0 Å². The van der Waals surface area contributed by atoms with Gasteiger partial charge in [-0.25, -0.2) is 0 Å². The molecule has 0 radical (unpaired) electrons. The van der Waals surface area contributed by atoms with Crippen LogP contribution in [0.2, 0.25) is 0 Å². The molecule has 72 heavy (non-hydrogen) atoms. The zero-order valence-electron chi connectivity index (χ0n) is 46.1. The number of likely N-dealkylation sites (N-methyl/N-ethyl adjacent to an activating group) is 1. The van der Waals surface area contributed by atoms with E-state index in [1.54, 1.807) is 0 Å². The van der Waals surface area contributed by atoms with Crippen LogP contribution in [-0.4, -0.2) is 70.0 Å². The first-order valence-electron chi connectivity index (χ1n) is 27.9. The normalized spacial score (nSPS) is 14.4. The standard InChI is InChI=1S/C62H102NO8P/c1-6-8-10-12-14-16-18-20-21-22-23-24-25-26-27-28-29-30-31-32-33-34-35-36-37-38-39-40-41-43-45-47-49-51-53-55-62(65)71-60(59-70-72(66,67)69-57-56-63(3,4)5)58-68-61(64)54-52-50-48-46-44-42-19-17-15-13-11-9-7-2/h8-11,14-17,20-21,23-24,26-27,29-30,32-33,35-36,42,44,60H,6-7,12-13,18-19,22,25,28,31,34,37-41,43,45-59H2,1-5H3/b10-8-,11-9-,16-14-,17-15-,21-20-,24-23-,27-26-,30-29-,33-32-,36-35-,44-42-. The zero-order valence-corrected chi connectivity index (χ0v) is 47.0. The number of hydrogen-bond donors (Lipinski definition) is 0. The van der Waals surface area contributed by atoms with Crippen molar-refractivity contribution >= 4 is 19.8 Å². The molecule has 0 aliphatic rings. The quantitative estimate of drug-likeness (QED) is 0.0195. The largest absolute Gasteiger partial charge is 0.756 e. The second-order valence-corrected chi connectivity index (χ2v) is 20.6. The van der Waals surface area contributed by atoms with Crippen molar-refractivity contribution in [1.82, 2.24) is 0 Å². The summed E-state index contributed by atoms with van der Waals surface area (Å²) in [7, 11) is 1.13. The summed E-state index contributed by atoms with van der Waals surface area (Å²) in [6.07, 6.45) is 75.1. The van der Waals surface area contributed by atoms with Crippen LogP contribution in [0, 0.1) is 0 Å².